The Bertz CT molecular complexity index is 1080. The number of nitrogens with one attached hydrogen (secondary N) is 1. The van der Waals surface area contributed by atoms with Crippen molar-refractivity contribution >= 4 is 11.9 Å². The number of carbonyl (C=O) groups is 2. The van der Waals surface area contributed by atoms with Crippen molar-refractivity contribution in [1.29, 1.82) is 0 Å². The normalized spacial score (nSPS) is 19.4. The van der Waals surface area contributed by atoms with E-state index >= 15 is 0 Å². The summed E-state index contributed by atoms with van der Waals surface area (Å²) in [5, 5.41) is 12.2. The van der Waals surface area contributed by atoms with Crippen LogP contribution in [-0.2, 0) is 16.1 Å². The molecule has 0 spiro atoms. The van der Waals surface area contributed by atoms with E-state index in [0.29, 0.717) is 30.7 Å². The lowest BCUT2D eigenvalue weighted by atomic mass is 9.93. The summed E-state index contributed by atoms with van der Waals surface area (Å²) in [6.45, 7) is 7.11. The van der Waals surface area contributed by atoms with Gasteiger partial charge in [-0.2, -0.15) is 0 Å². The third-order valence-electron chi connectivity index (χ3n) is 8.32. The highest BCUT2D eigenvalue weighted by Gasteiger charge is 2.27. The van der Waals surface area contributed by atoms with Crippen molar-refractivity contribution in [3.8, 4) is 11.1 Å². The predicted octanol–water partition coefficient (Wildman–Crippen LogP) is 6.21. The summed E-state index contributed by atoms with van der Waals surface area (Å²) in [6.07, 6.45) is 9.88. The third kappa shape index (κ3) is 7.67. The number of benzene rings is 2. The summed E-state index contributed by atoms with van der Waals surface area (Å²) >= 11 is 0. The monoisotopic (exact) mass is 520 g/mol. The van der Waals surface area contributed by atoms with Crippen LogP contribution < -0.4 is 5.32 Å². The Kier molecular flexibility index (Phi) is 10.4. The van der Waals surface area contributed by atoms with Crippen molar-refractivity contribution in [2.75, 3.05) is 19.7 Å². The van der Waals surface area contributed by atoms with E-state index in [9.17, 15) is 9.59 Å². The van der Waals surface area contributed by atoms with E-state index in [2.05, 4.69) is 41.4 Å². The van der Waals surface area contributed by atoms with Crippen molar-refractivity contribution in [2.24, 2.45) is 5.92 Å². The summed E-state index contributed by atoms with van der Waals surface area (Å²) in [5.41, 5.74) is 4.93. The van der Waals surface area contributed by atoms with Crippen LogP contribution in [0.2, 0.25) is 0 Å². The summed E-state index contributed by atoms with van der Waals surface area (Å²) in [4.78, 5) is 27.0. The van der Waals surface area contributed by atoms with Gasteiger partial charge in [-0.1, -0.05) is 62.9 Å². The van der Waals surface area contributed by atoms with Gasteiger partial charge in [0.1, 0.15) is 0 Å². The molecule has 1 aliphatic carbocycles. The molecule has 2 atom stereocenters. The molecule has 6 heteroatoms. The topological polar surface area (TPSA) is 78.9 Å². The molecule has 2 aromatic rings. The van der Waals surface area contributed by atoms with E-state index in [0.717, 1.165) is 36.4 Å². The molecule has 2 N–H and O–H groups in total. The molecule has 1 saturated heterocycles. The van der Waals surface area contributed by atoms with Gasteiger partial charge in [-0.15, -0.1) is 0 Å². The van der Waals surface area contributed by atoms with Gasteiger partial charge >= 0.3 is 5.97 Å². The van der Waals surface area contributed by atoms with Gasteiger partial charge in [0.25, 0.3) is 5.91 Å². The molecule has 1 unspecified atom stereocenters. The first-order chi connectivity index (χ1) is 18.4. The molecule has 1 heterocycles. The maximum absolute atomic E-state index is 13.3. The van der Waals surface area contributed by atoms with E-state index in [-0.39, 0.29) is 18.2 Å². The minimum absolute atomic E-state index is 0.0574. The Hall–Kier alpha value is -2.70. The summed E-state index contributed by atoms with van der Waals surface area (Å²) in [6, 6.07) is 14.8. The van der Waals surface area contributed by atoms with Gasteiger partial charge in [-0.05, 0) is 79.5 Å². The lowest BCUT2D eigenvalue weighted by Gasteiger charge is -2.28. The first kappa shape index (κ1) is 28.3. The first-order valence-electron chi connectivity index (χ1n) is 14.5. The number of carboxylic acids is 1. The van der Waals surface area contributed by atoms with Crippen LogP contribution in [0.4, 0.5) is 0 Å². The highest BCUT2D eigenvalue weighted by atomic mass is 16.5. The molecule has 2 aliphatic rings. The Balaban J connectivity index is 1.49. The standard InChI is InChI=1S/C32H44N2O4/c1-3-24(19-31(35)36)20-33-32(37)29-16-15-25(18-30(29)28-14-8-7-10-23(28)2)21-34-17-9-11-26(34)22-38-27-12-5-4-6-13-27/h7-8,10,14-16,18,24,26-27H,3-6,9,11-13,17,19-22H2,1-2H3,(H,33,37)(H,35,36)/t24?,26-/m0/s1. The van der Waals surface area contributed by atoms with Crippen LogP contribution in [0.1, 0.15) is 86.2 Å². The number of ether oxygens (including phenoxy) is 1. The molecular weight excluding hydrogens is 476 g/mol. The predicted molar refractivity (Wildman–Crippen MR) is 151 cm³/mol. The number of nitrogens with zero attached hydrogens (tertiary/aromatic N) is 1. The van der Waals surface area contributed by atoms with E-state index < -0.39 is 5.97 Å². The second-order valence-electron chi connectivity index (χ2n) is 11.1. The van der Waals surface area contributed by atoms with Crippen molar-refractivity contribution in [2.45, 2.75) is 90.3 Å². The van der Waals surface area contributed by atoms with E-state index in [4.69, 9.17) is 9.84 Å². The number of carboxylic acid groups (broad SMARTS) is 1. The molecule has 0 bridgehead atoms. The van der Waals surface area contributed by atoms with Crippen molar-refractivity contribution < 1.29 is 19.4 Å². The molecule has 1 amide bonds. The summed E-state index contributed by atoms with van der Waals surface area (Å²) in [5.74, 6) is -1.07. The van der Waals surface area contributed by atoms with Crippen molar-refractivity contribution in [3.63, 3.8) is 0 Å². The number of amides is 1. The Morgan fingerprint density at radius 3 is 2.58 bits per heavy atom. The van der Waals surface area contributed by atoms with Crippen LogP contribution in [0.25, 0.3) is 11.1 Å². The summed E-state index contributed by atoms with van der Waals surface area (Å²) < 4.78 is 6.34. The van der Waals surface area contributed by atoms with Crippen molar-refractivity contribution in [3.05, 3.63) is 59.2 Å². The Morgan fingerprint density at radius 2 is 1.84 bits per heavy atom. The zero-order valence-electron chi connectivity index (χ0n) is 23.1. The molecule has 4 rings (SSSR count). The largest absolute Gasteiger partial charge is 0.481 e. The quantitative estimate of drug-likeness (QED) is 0.348. The number of aliphatic carboxylic acids is 1. The first-order valence-corrected chi connectivity index (χ1v) is 14.5. The molecule has 2 aromatic carbocycles. The maximum Gasteiger partial charge on any atom is 0.303 e. The maximum atomic E-state index is 13.3. The number of carbonyl (C=O) groups excluding carboxylic acids is 1. The molecule has 38 heavy (non-hydrogen) atoms. The number of hydrogen-bond acceptors (Lipinski definition) is 4. The van der Waals surface area contributed by atoms with Crippen molar-refractivity contribution in [1.82, 2.24) is 10.2 Å². The van der Waals surface area contributed by atoms with Gasteiger partial charge in [-0.3, -0.25) is 14.5 Å². The van der Waals surface area contributed by atoms with Gasteiger partial charge < -0.3 is 15.2 Å². The molecule has 0 radical (unpaired) electrons. The zero-order chi connectivity index (χ0) is 26.9. The number of aryl methyl sites for hydroxylation is 1. The molecule has 0 aromatic heterocycles. The lowest BCUT2D eigenvalue weighted by Crippen LogP contribution is -2.34. The average Bonchev–Trinajstić information content (AvgIpc) is 3.37. The molecule has 6 nitrogen and oxygen atoms in total. The summed E-state index contributed by atoms with van der Waals surface area (Å²) in [7, 11) is 0. The third-order valence-corrected chi connectivity index (χ3v) is 8.32. The minimum Gasteiger partial charge on any atom is -0.481 e. The fraction of sp³-hybridized carbons (Fsp3) is 0.562. The molecule has 2 fully saturated rings. The second kappa shape index (κ2) is 13.9. The van der Waals surface area contributed by atoms with Gasteiger partial charge in [0.05, 0.1) is 12.7 Å². The van der Waals surface area contributed by atoms with E-state index in [1.165, 1.54) is 50.5 Å². The van der Waals surface area contributed by atoms with E-state index in [1.54, 1.807) is 0 Å². The molecule has 1 aliphatic heterocycles. The van der Waals surface area contributed by atoms with Crippen LogP contribution in [-0.4, -0.2) is 53.7 Å². The highest BCUT2D eigenvalue weighted by Crippen LogP contribution is 2.30. The van der Waals surface area contributed by atoms with Crippen LogP contribution in [0, 0.1) is 12.8 Å². The minimum atomic E-state index is -0.833. The average molecular weight is 521 g/mol. The fourth-order valence-corrected chi connectivity index (χ4v) is 5.93. The van der Waals surface area contributed by atoms with E-state index in [1.807, 2.05) is 25.1 Å². The number of hydrogen-bond donors (Lipinski definition) is 2. The highest BCUT2D eigenvalue weighted by molar-refractivity contribution is 6.01. The van der Waals surface area contributed by atoms with Gasteiger partial charge in [0.15, 0.2) is 0 Å². The van der Waals surface area contributed by atoms with Gasteiger partial charge in [0, 0.05) is 31.1 Å². The zero-order valence-corrected chi connectivity index (χ0v) is 23.1. The SMILES string of the molecule is CCC(CNC(=O)c1ccc(CN2CCC[C@H]2COC2CCCCC2)cc1-c1ccccc1C)CC(=O)O. The van der Waals surface area contributed by atoms with Crippen LogP contribution in [0.3, 0.4) is 0 Å². The number of rotatable bonds is 12. The lowest BCUT2D eigenvalue weighted by molar-refractivity contribution is -0.138. The fourth-order valence-electron chi connectivity index (χ4n) is 5.93. The Morgan fingerprint density at radius 1 is 1.05 bits per heavy atom. The van der Waals surface area contributed by atoms with Gasteiger partial charge in [-0.25, -0.2) is 0 Å². The van der Waals surface area contributed by atoms with Crippen LogP contribution in [0.15, 0.2) is 42.5 Å². The van der Waals surface area contributed by atoms with Gasteiger partial charge in [0.2, 0.25) is 0 Å². The molecule has 206 valence electrons. The van der Waals surface area contributed by atoms with Crippen LogP contribution in [0.5, 0.6) is 0 Å². The number of likely N-dealkylation sites (tertiary alicyclic amines) is 1. The van der Waals surface area contributed by atoms with Crippen LogP contribution >= 0.6 is 0 Å². The smallest absolute Gasteiger partial charge is 0.303 e. The molecule has 1 saturated carbocycles. The Labute approximate surface area is 227 Å². The molecular formula is C32H44N2O4. The second-order valence-corrected chi connectivity index (χ2v) is 11.1.